The summed E-state index contributed by atoms with van der Waals surface area (Å²) in [5.41, 5.74) is 0.964. The van der Waals surface area contributed by atoms with Crippen molar-refractivity contribution in [2.75, 3.05) is 7.11 Å². The molecule has 0 aromatic heterocycles. The van der Waals surface area contributed by atoms with Gasteiger partial charge < -0.3 is 4.74 Å². The highest BCUT2D eigenvalue weighted by atomic mass is 16.5. The normalized spacial score (nSPS) is 9.27. The molecule has 0 aliphatic carbocycles. The van der Waals surface area contributed by atoms with Gasteiger partial charge in [0.2, 0.25) is 5.43 Å². The molecule has 0 atom stereocenters. The highest BCUT2D eigenvalue weighted by Gasteiger charge is 1.92. The summed E-state index contributed by atoms with van der Waals surface area (Å²) in [6, 6.07) is 6.80. The van der Waals surface area contributed by atoms with Gasteiger partial charge in [0.15, 0.2) is 5.75 Å². The van der Waals surface area contributed by atoms with Gasteiger partial charge in [0.25, 0.3) is 0 Å². The Labute approximate surface area is 65.4 Å². The third-order valence-corrected chi connectivity index (χ3v) is 1.46. The molecule has 1 rings (SSSR count). The van der Waals surface area contributed by atoms with Crippen LogP contribution in [-0.2, 0) is 0 Å². The van der Waals surface area contributed by atoms with Gasteiger partial charge in [0.1, 0.15) is 0 Å². The van der Waals surface area contributed by atoms with E-state index in [0.717, 1.165) is 5.56 Å². The van der Waals surface area contributed by atoms with E-state index in [1.807, 2.05) is 13.0 Å². The van der Waals surface area contributed by atoms with Crippen molar-refractivity contribution in [3.8, 4) is 5.75 Å². The van der Waals surface area contributed by atoms with E-state index >= 15 is 0 Å². The Balaban J connectivity index is 3.33. The lowest BCUT2D eigenvalue weighted by Gasteiger charge is -1.89. The van der Waals surface area contributed by atoms with Crippen molar-refractivity contribution in [1.82, 2.24) is 0 Å². The predicted octanol–water partition coefficient (Wildman–Crippen LogP) is 1.36. The first kappa shape index (κ1) is 7.79. The molecule has 0 radical (unpaired) electrons. The first-order chi connectivity index (χ1) is 5.24. The molecule has 0 aliphatic heterocycles. The molecule has 0 fully saturated rings. The molecule has 1 aromatic carbocycles. The fourth-order valence-electron chi connectivity index (χ4n) is 0.803. The van der Waals surface area contributed by atoms with Gasteiger partial charge >= 0.3 is 0 Å². The lowest BCUT2D eigenvalue weighted by molar-refractivity contribution is 0.411. The second-order valence-electron chi connectivity index (χ2n) is 2.34. The standard InChI is InChI=1S/C9H10O2/c1-7-3-5-8(10)9(11-2)6-4-7/h3-6H,1-2H3. The maximum absolute atomic E-state index is 11.1. The van der Waals surface area contributed by atoms with Crippen molar-refractivity contribution in [3.05, 3.63) is 40.1 Å². The summed E-state index contributed by atoms with van der Waals surface area (Å²) in [5, 5.41) is 0. The minimum Gasteiger partial charge on any atom is -0.493 e. The Morgan fingerprint density at radius 2 is 1.82 bits per heavy atom. The van der Waals surface area contributed by atoms with E-state index in [9.17, 15) is 4.79 Å². The quantitative estimate of drug-likeness (QED) is 0.604. The molecule has 58 valence electrons. The molecule has 0 saturated heterocycles. The maximum Gasteiger partial charge on any atom is 0.220 e. The Morgan fingerprint density at radius 3 is 2.45 bits per heavy atom. The van der Waals surface area contributed by atoms with Crippen molar-refractivity contribution < 1.29 is 4.74 Å². The van der Waals surface area contributed by atoms with Gasteiger partial charge in [0.05, 0.1) is 7.11 Å². The van der Waals surface area contributed by atoms with Crippen LogP contribution in [0.3, 0.4) is 0 Å². The Kier molecular flexibility index (Phi) is 2.26. The summed E-state index contributed by atoms with van der Waals surface area (Å²) in [7, 11) is 1.49. The van der Waals surface area contributed by atoms with Crippen molar-refractivity contribution in [1.29, 1.82) is 0 Å². The minimum atomic E-state index is -0.0828. The summed E-state index contributed by atoms with van der Waals surface area (Å²) >= 11 is 0. The van der Waals surface area contributed by atoms with E-state index in [-0.39, 0.29) is 5.43 Å². The largest absolute Gasteiger partial charge is 0.493 e. The van der Waals surface area contributed by atoms with Gasteiger partial charge in [-0.25, -0.2) is 0 Å². The van der Waals surface area contributed by atoms with Gasteiger partial charge in [0, 0.05) is 0 Å². The van der Waals surface area contributed by atoms with Gasteiger partial charge in [-0.3, -0.25) is 4.79 Å². The van der Waals surface area contributed by atoms with E-state index in [1.54, 1.807) is 12.1 Å². The lowest BCUT2D eigenvalue weighted by Crippen LogP contribution is -1.98. The zero-order chi connectivity index (χ0) is 8.27. The number of aryl methyl sites for hydroxylation is 1. The third kappa shape index (κ3) is 1.80. The second-order valence-corrected chi connectivity index (χ2v) is 2.34. The van der Waals surface area contributed by atoms with Crippen molar-refractivity contribution in [2.24, 2.45) is 0 Å². The molecule has 0 N–H and O–H groups in total. The number of ether oxygens (including phenoxy) is 1. The highest BCUT2D eigenvalue weighted by molar-refractivity contribution is 5.24. The molecule has 0 amide bonds. The zero-order valence-corrected chi connectivity index (χ0v) is 6.63. The zero-order valence-electron chi connectivity index (χ0n) is 6.63. The van der Waals surface area contributed by atoms with Gasteiger partial charge in [-0.05, 0) is 19.1 Å². The van der Waals surface area contributed by atoms with Crippen molar-refractivity contribution in [3.63, 3.8) is 0 Å². The van der Waals surface area contributed by atoms with Crippen LogP contribution in [0.2, 0.25) is 0 Å². The summed E-state index contributed by atoms with van der Waals surface area (Å²) in [6.07, 6.45) is 0. The number of hydrogen-bond donors (Lipinski definition) is 0. The SMILES string of the molecule is COc1ccc(C)ccc1=O. The van der Waals surface area contributed by atoms with E-state index in [4.69, 9.17) is 4.74 Å². The molecule has 2 heteroatoms. The number of hydrogen-bond acceptors (Lipinski definition) is 2. The molecule has 0 heterocycles. The smallest absolute Gasteiger partial charge is 0.220 e. The highest BCUT2D eigenvalue weighted by Crippen LogP contribution is 2.01. The molecule has 0 spiro atoms. The van der Waals surface area contributed by atoms with Crippen molar-refractivity contribution >= 4 is 0 Å². The second kappa shape index (κ2) is 3.19. The van der Waals surface area contributed by atoms with E-state index in [2.05, 4.69) is 0 Å². The molecule has 0 saturated carbocycles. The van der Waals surface area contributed by atoms with Gasteiger partial charge in [-0.15, -0.1) is 0 Å². The van der Waals surface area contributed by atoms with Crippen LogP contribution in [0, 0.1) is 6.92 Å². The number of methoxy groups -OCH3 is 1. The van der Waals surface area contributed by atoms with Crippen LogP contribution in [0.15, 0.2) is 29.1 Å². The third-order valence-electron chi connectivity index (χ3n) is 1.46. The average molecular weight is 150 g/mol. The Morgan fingerprint density at radius 1 is 1.18 bits per heavy atom. The van der Waals surface area contributed by atoms with Gasteiger partial charge in [-0.2, -0.15) is 0 Å². The summed E-state index contributed by atoms with van der Waals surface area (Å²) in [4.78, 5) is 11.1. The fourth-order valence-corrected chi connectivity index (χ4v) is 0.803. The maximum atomic E-state index is 11.1. The van der Waals surface area contributed by atoms with E-state index < -0.39 is 0 Å². The molecule has 2 nitrogen and oxygen atoms in total. The first-order valence-corrected chi connectivity index (χ1v) is 3.39. The van der Waals surface area contributed by atoms with Crippen LogP contribution in [0.1, 0.15) is 5.56 Å². The molecule has 0 aliphatic rings. The topological polar surface area (TPSA) is 26.3 Å². The van der Waals surface area contributed by atoms with Crippen LogP contribution < -0.4 is 10.2 Å². The molecule has 1 aromatic rings. The Hall–Kier alpha value is -1.31. The fraction of sp³-hybridized carbons (Fsp3) is 0.222. The number of rotatable bonds is 1. The van der Waals surface area contributed by atoms with Gasteiger partial charge in [-0.1, -0.05) is 17.7 Å². The van der Waals surface area contributed by atoms with Crippen LogP contribution in [-0.4, -0.2) is 7.11 Å². The molecule has 0 unspecified atom stereocenters. The van der Waals surface area contributed by atoms with E-state index in [1.165, 1.54) is 13.2 Å². The molecule has 0 bridgehead atoms. The van der Waals surface area contributed by atoms with E-state index in [0.29, 0.717) is 5.75 Å². The Bertz CT molecular complexity index is 305. The summed E-state index contributed by atoms with van der Waals surface area (Å²) in [5.74, 6) is 0.387. The van der Waals surface area contributed by atoms with Crippen molar-refractivity contribution in [2.45, 2.75) is 6.92 Å². The molecular weight excluding hydrogens is 140 g/mol. The van der Waals surface area contributed by atoms with Crippen LogP contribution >= 0.6 is 0 Å². The minimum absolute atomic E-state index is 0.0828. The predicted molar refractivity (Wildman–Crippen MR) is 44.0 cm³/mol. The average Bonchev–Trinajstić information content (AvgIpc) is 2.15. The summed E-state index contributed by atoms with van der Waals surface area (Å²) in [6.45, 7) is 1.93. The summed E-state index contributed by atoms with van der Waals surface area (Å²) < 4.78 is 4.85. The molecular formula is C9H10O2. The van der Waals surface area contributed by atoms with Crippen LogP contribution in [0.5, 0.6) is 5.75 Å². The van der Waals surface area contributed by atoms with Crippen LogP contribution in [0.4, 0.5) is 0 Å². The first-order valence-electron chi connectivity index (χ1n) is 3.39. The molecule has 11 heavy (non-hydrogen) atoms. The lowest BCUT2D eigenvalue weighted by atomic mass is 10.3. The monoisotopic (exact) mass is 150 g/mol. The van der Waals surface area contributed by atoms with Crippen LogP contribution in [0.25, 0.3) is 0 Å².